The number of urea groups is 1. The van der Waals surface area contributed by atoms with E-state index in [-0.39, 0.29) is 11.9 Å². The van der Waals surface area contributed by atoms with E-state index in [1.165, 1.54) is 4.90 Å². The van der Waals surface area contributed by atoms with Crippen LogP contribution in [0.2, 0.25) is 0 Å². The summed E-state index contributed by atoms with van der Waals surface area (Å²) in [5.74, 6) is 0.785. The van der Waals surface area contributed by atoms with Crippen molar-refractivity contribution in [2.24, 2.45) is 5.92 Å². The first-order valence-corrected chi connectivity index (χ1v) is 8.92. The molecule has 2 aromatic rings. The first kappa shape index (κ1) is 18.0. The zero-order valence-electron chi connectivity index (χ0n) is 15.2. The van der Waals surface area contributed by atoms with Crippen molar-refractivity contribution in [2.45, 2.75) is 19.8 Å². The molecular formula is C21H24N2O3. The normalized spacial score (nSPS) is 16.8. The second kappa shape index (κ2) is 8.04. The number of amides is 3. The lowest BCUT2D eigenvalue weighted by atomic mass is 10.0. The molecule has 1 aliphatic rings. The van der Waals surface area contributed by atoms with Crippen LogP contribution >= 0.6 is 0 Å². The number of piperidine rings is 1. The maximum atomic E-state index is 13.2. The molecular weight excluding hydrogens is 328 g/mol. The van der Waals surface area contributed by atoms with Crippen LogP contribution in [0.15, 0.2) is 54.6 Å². The topological polar surface area (TPSA) is 49.9 Å². The van der Waals surface area contributed by atoms with E-state index in [0.717, 1.165) is 12.8 Å². The van der Waals surface area contributed by atoms with E-state index < -0.39 is 0 Å². The Hall–Kier alpha value is -2.82. The molecule has 0 N–H and O–H groups in total. The smallest absolute Gasteiger partial charge is 0.331 e. The van der Waals surface area contributed by atoms with Crippen molar-refractivity contribution in [3.8, 4) is 5.75 Å². The minimum atomic E-state index is -0.331. The number of benzene rings is 2. The molecule has 1 unspecified atom stereocenters. The van der Waals surface area contributed by atoms with Gasteiger partial charge in [-0.05, 0) is 55.2 Å². The van der Waals surface area contributed by atoms with Crippen molar-refractivity contribution in [1.29, 1.82) is 0 Å². The maximum absolute atomic E-state index is 13.2. The van der Waals surface area contributed by atoms with Crippen LogP contribution in [0, 0.1) is 5.92 Å². The Kier molecular flexibility index (Phi) is 5.56. The lowest BCUT2D eigenvalue weighted by Gasteiger charge is -2.34. The van der Waals surface area contributed by atoms with Gasteiger partial charge in [-0.2, -0.15) is 0 Å². The fraction of sp³-hybridized carbons (Fsp3) is 0.333. The van der Waals surface area contributed by atoms with Crippen molar-refractivity contribution >= 4 is 17.6 Å². The molecule has 5 heteroatoms. The van der Waals surface area contributed by atoms with Crippen molar-refractivity contribution in [3.63, 3.8) is 0 Å². The Morgan fingerprint density at radius 1 is 1.08 bits per heavy atom. The van der Waals surface area contributed by atoms with E-state index in [0.29, 0.717) is 36.0 Å². The SMILES string of the molecule is COc1ccc(C(=O)N(C(=O)N2CCCC(C)C2)c2ccccc2)cc1. The van der Waals surface area contributed by atoms with E-state index in [4.69, 9.17) is 4.74 Å². The predicted octanol–water partition coefficient (Wildman–Crippen LogP) is 4.19. The van der Waals surface area contributed by atoms with Gasteiger partial charge < -0.3 is 9.64 Å². The van der Waals surface area contributed by atoms with Gasteiger partial charge in [0, 0.05) is 18.7 Å². The third-order valence-electron chi connectivity index (χ3n) is 4.67. The zero-order chi connectivity index (χ0) is 18.5. The third kappa shape index (κ3) is 3.87. The van der Waals surface area contributed by atoms with E-state index in [1.807, 2.05) is 18.2 Å². The molecule has 0 spiro atoms. The summed E-state index contributed by atoms with van der Waals surface area (Å²) in [7, 11) is 1.58. The molecule has 2 aromatic carbocycles. The lowest BCUT2D eigenvalue weighted by Crippen LogP contribution is -2.49. The van der Waals surface area contributed by atoms with Gasteiger partial charge in [0.2, 0.25) is 0 Å². The fourth-order valence-electron chi connectivity index (χ4n) is 3.26. The van der Waals surface area contributed by atoms with Gasteiger partial charge >= 0.3 is 6.03 Å². The fourth-order valence-corrected chi connectivity index (χ4v) is 3.26. The van der Waals surface area contributed by atoms with Crippen LogP contribution in [0.5, 0.6) is 5.75 Å². The second-order valence-corrected chi connectivity index (χ2v) is 6.68. The molecule has 0 radical (unpaired) electrons. The van der Waals surface area contributed by atoms with Gasteiger partial charge in [-0.25, -0.2) is 9.69 Å². The van der Waals surface area contributed by atoms with E-state index in [9.17, 15) is 9.59 Å². The minimum absolute atomic E-state index is 0.261. The number of rotatable bonds is 3. The number of hydrogen-bond acceptors (Lipinski definition) is 3. The molecule has 0 aliphatic carbocycles. The molecule has 0 aromatic heterocycles. The van der Waals surface area contributed by atoms with Crippen molar-refractivity contribution in [1.82, 2.24) is 4.90 Å². The van der Waals surface area contributed by atoms with Crippen LogP contribution in [-0.2, 0) is 0 Å². The van der Waals surface area contributed by atoms with Crippen LogP contribution < -0.4 is 9.64 Å². The third-order valence-corrected chi connectivity index (χ3v) is 4.67. The van der Waals surface area contributed by atoms with Gasteiger partial charge in [0.05, 0.1) is 12.8 Å². The molecule has 3 amide bonds. The summed E-state index contributed by atoms with van der Waals surface area (Å²) in [5.41, 5.74) is 1.03. The zero-order valence-corrected chi connectivity index (χ0v) is 15.2. The number of nitrogens with zero attached hydrogens (tertiary/aromatic N) is 2. The number of carbonyl (C=O) groups excluding carboxylic acids is 2. The Labute approximate surface area is 154 Å². The Bertz CT molecular complexity index is 759. The quantitative estimate of drug-likeness (QED) is 0.832. The number of anilines is 1. The summed E-state index contributed by atoms with van der Waals surface area (Å²) >= 11 is 0. The van der Waals surface area contributed by atoms with Crippen molar-refractivity contribution in [2.75, 3.05) is 25.1 Å². The maximum Gasteiger partial charge on any atom is 0.331 e. The molecule has 5 nitrogen and oxygen atoms in total. The van der Waals surface area contributed by atoms with E-state index in [1.54, 1.807) is 48.4 Å². The minimum Gasteiger partial charge on any atom is -0.497 e. The highest BCUT2D eigenvalue weighted by Gasteiger charge is 2.31. The number of hydrogen-bond donors (Lipinski definition) is 0. The molecule has 136 valence electrons. The standard InChI is InChI=1S/C21H24N2O3/c1-16-7-6-14-22(15-16)21(25)23(18-8-4-3-5-9-18)20(24)17-10-12-19(26-2)13-11-17/h3-5,8-13,16H,6-7,14-15H2,1-2H3. The number of carbonyl (C=O) groups is 2. The van der Waals surface area contributed by atoms with Crippen LogP contribution in [-0.4, -0.2) is 37.0 Å². The van der Waals surface area contributed by atoms with E-state index >= 15 is 0 Å². The van der Waals surface area contributed by atoms with Gasteiger partial charge in [-0.3, -0.25) is 4.79 Å². The summed E-state index contributed by atoms with van der Waals surface area (Å²) in [5, 5.41) is 0. The molecule has 26 heavy (non-hydrogen) atoms. The highest BCUT2D eigenvalue weighted by molar-refractivity contribution is 6.20. The molecule has 0 saturated carbocycles. The average molecular weight is 352 g/mol. The molecule has 1 heterocycles. The number of para-hydroxylation sites is 1. The number of likely N-dealkylation sites (tertiary alicyclic amines) is 1. The Balaban J connectivity index is 1.92. The van der Waals surface area contributed by atoms with Crippen molar-refractivity contribution in [3.05, 3.63) is 60.2 Å². The van der Waals surface area contributed by atoms with Crippen LogP contribution in [0.3, 0.4) is 0 Å². The number of methoxy groups -OCH3 is 1. The molecule has 1 aliphatic heterocycles. The van der Waals surface area contributed by atoms with Crippen molar-refractivity contribution < 1.29 is 14.3 Å². The Morgan fingerprint density at radius 3 is 2.38 bits per heavy atom. The monoisotopic (exact) mass is 352 g/mol. The lowest BCUT2D eigenvalue weighted by molar-refractivity contribution is 0.0980. The van der Waals surface area contributed by atoms with Gasteiger partial charge in [0.25, 0.3) is 5.91 Å². The summed E-state index contributed by atoms with van der Waals surface area (Å²) in [6.45, 7) is 3.50. The number of imide groups is 1. The highest BCUT2D eigenvalue weighted by Crippen LogP contribution is 2.23. The average Bonchev–Trinajstić information content (AvgIpc) is 2.69. The van der Waals surface area contributed by atoms with E-state index in [2.05, 4.69) is 6.92 Å². The van der Waals surface area contributed by atoms with Gasteiger partial charge in [0.15, 0.2) is 0 Å². The molecule has 3 rings (SSSR count). The first-order valence-electron chi connectivity index (χ1n) is 8.92. The molecule has 0 bridgehead atoms. The predicted molar refractivity (Wildman–Crippen MR) is 102 cm³/mol. The second-order valence-electron chi connectivity index (χ2n) is 6.68. The summed E-state index contributed by atoms with van der Waals surface area (Å²) in [6.07, 6.45) is 2.08. The largest absolute Gasteiger partial charge is 0.497 e. The van der Waals surface area contributed by atoms with Gasteiger partial charge in [-0.15, -0.1) is 0 Å². The molecule has 1 fully saturated rings. The summed E-state index contributed by atoms with van der Waals surface area (Å²) in [4.78, 5) is 29.4. The molecule has 1 atom stereocenters. The highest BCUT2D eigenvalue weighted by atomic mass is 16.5. The van der Waals surface area contributed by atoms with Gasteiger partial charge in [0.1, 0.15) is 5.75 Å². The summed E-state index contributed by atoms with van der Waals surface area (Å²) in [6, 6.07) is 15.7. The van der Waals surface area contributed by atoms with Crippen LogP contribution in [0.25, 0.3) is 0 Å². The molecule has 1 saturated heterocycles. The van der Waals surface area contributed by atoms with Gasteiger partial charge in [-0.1, -0.05) is 25.1 Å². The van der Waals surface area contributed by atoms with Crippen LogP contribution in [0.1, 0.15) is 30.1 Å². The Morgan fingerprint density at radius 2 is 1.77 bits per heavy atom. The van der Waals surface area contributed by atoms with Crippen LogP contribution in [0.4, 0.5) is 10.5 Å². The number of ether oxygens (including phenoxy) is 1. The summed E-state index contributed by atoms with van der Waals surface area (Å²) < 4.78 is 5.15. The first-order chi connectivity index (χ1) is 12.6.